The summed E-state index contributed by atoms with van der Waals surface area (Å²) in [6.45, 7) is -0.563. The molecule has 2 aromatic carbocycles. The van der Waals surface area contributed by atoms with Gasteiger partial charge in [-0.3, -0.25) is 9.59 Å². The molecule has 0 saturated heterocycles. The lowest BCUT2D eigenvalue weighted by Crippen LogP contribution is -2.43. The van der Waals surface area contributed by atoms with Crippen molar-refractivity contribution in [3.05, 3.63) is 71.4 Å². The van der Waals surface area contributed by atoms with Crippen LogP contribution in [0.25, 0.3) is 11.3 Å². The molecule has 1 aromatic heterocycles. The molecule has 6 nitrogen and oxygen atoms in total. The Hall–Kier alpha value is -3.41. The second kappa shape index (κ2) is 11.1. The molecule has 0 aliphatic rings. The fourth-order valence-electron chi connectivity index (χ4n) is 2.93. The van der Waals surface area contributed by atoms with E-state index >= 15 is 0 Å². The van der Waals surface area contributed by atoms with E-state index in [4.69, 9.17) is 11.2 Å². The molecule has 1 heterocycles. The summed E-state index contributed by atoms with van der Waals surface area (Å²) < 4.78 is 26.7. The molecule has 1 unspecified atom stereocenters. The Labute approximate surface area is 183 Å². The van der Waals surface area contributed by atoms with Crippen LogP contribution in [0.1, 0.15) is 21.6 Å². The molecule has 3 rings (SSSR count). The minimum Gasteiger partial charge on any atom is -0.364 e. The average Bonchev–Trinajstić information content (AvgIpc) is 3.29. The zero-order chi connectivity index (χ0) is 22.1. The Bertz CT molecular complexity index is 1060. The molecular formula is C23H20FN3O3S. The van der Waals surface area contributed by atoms with Crippen LogP contribution in [-0.4, -0.2) is 39.8 Å². The van der Waals surface area contributed by atoms with Crippen LogP contribution >= 0.6 is 11.7 Å². The number of carbonyl (C=O) groups is 2. The number of alkyl halides is 1. The van der Waals surface area contributed by atoms with Crippen molar-refractivity contribution in [3.8, 4) is 23.6 Å². The summed E-state index contributed by atoms with van der Waals surface area (Å²) in [6, 6.07) is 15.4. The standard InChI is InChI=1S/C23H20FN3O3S/c1-2-12-30-15-17-8-10-18(11-9-17)21-22(27-31-26-21)23(29)25-19(20(28)14-24)13-16-6-4-3-5-7-16/h1,3-11,19H,12-15H2,(H,25,29). The van der Waals surface area contributed by atoms with Gasteiger partial charge in [-0.05, 0) is 17.5 Å². The number of aromatic nitrogens is 2. The van der Waals surface area contributed by atoms with Crippen LogP contribution in [0, 0.1) is 12.3 Å². The number of ketones is 1. The lowest BCUT2D eigenvalue weighted by molar-refractivity contribution is -0.121. The number of hydrogen-bond donors (Lipinski definition) is 1. The third kappa shape index (κ3) is 6.04. The predicted octanol–water partition coefficient (Wildman–Crippen LogP) is 3.23. The number of rotatable bonds is 10. The minimum atomic E-state index is -1.16. The van der Waals surface area contributed by atoms with Crippen molar-refractivity contribution in [2.24, 2.45) is 0 Å². The highest BCUT2D eigenvalue weighted by molar-refractivity contribution is 6.99. The molecule has 0 saturated carbocycles. The van der Waals surface area contributed by atoms with Crippen LogP contribution in [0.3, 0.4) is 0 Å². The van der Waals surface area contributed by atoms with Crippen molar-refractivity contribution in [1.82, 2.24) is 14.1 Å². The molecule has 1 atom stereocenters. The van der Waals surface area contributed by atoms with E-state index in [-0.39, 0.29) is 18.7 Å². The third-order valence-electron chi connectivity index (χ3n) is 4.49. The normalized spacial score (nSPS) is 11.5. The number of carbonyl (C=O) groups excluding carboxylic acids is 2. The van der Waals surface area contributed by atoms with E-state index in [9.17, 15) is 14.0 Å². The van der Waals surface area contributed by atoms with Gasteiger partial charge in [0.05, 0.1) is 24.4 Å². The number of ether oxygens (including phenoxy) is 1. The summed E-state index contributed by atoms with van der Waals surface area (Å²) in [5.41, 5.74) is 2.91. The first-order chi connectivity index (χ1) is 15.1. The third-order valence-corrected chi connectivity index (χ3v) is 5.02. The summed E-state index contributed by atoms with van der Waals surface area (Å²) in [6.07, 6.45) is 5.35. The quantitative estimate of drug-likeness (QED) is 0.389. The first-order valence-corrected chi connectivity index (χ1v) is 10.2. The highest BCUT2D eigenvalue weighted by Gasteiger charge is 2.25. The Morgan fingerprint density at radius 1 is 1.10 bits per heavy atom. The molecule has 8 heteroatoms. The predicted molar refractivity (Wildman–Crippen MR) is 116 cm³/mol. The van der Waals surface area contributed by atoms with Crippen molar-refractivity contribution in [2.45, 2.75) is 19.1 Å². The van der Waals surface area contributed by atoms with E-state index in [2.05, 4.69) is 20.0 Å². The first-order valence-electron chi connectivity index (χ1n) is 9.49. The topological polar surface area (TPSA) is 81.2 Å². The molecule has 0 fully saturated rings. The summed E-state index contributed by atoms with van der Waals surface area (Å²) >= 11 is 0.889. The lowest BCUT2D eigenvalue weighted by Gasteiger charge is -2.16. The van der Waals surface area contributed by atoms with Crippen molar-refractivity contribution in [1.29, 1.82) is 0 Å². The monoisotopic (exact) mass is 437 g/mol. The molecule has 3 aromatic rings. The highest BCUT2D eigenvalue weighted by Crippen LogP contribution is 2.23. The number of halogens is 1. The number of nitrogens with zero attached hydrogens (tertiary/aromatic N) is 2. The van der Waals surface area contributed by atoms with Gasteiger partial charge >= 0.3 is 0 Å². The van der Waals surface area contributed by atoms with Gasteiger partial charge in [0.25, 0.3) is 5.91 Å². The first kappa shape index (κ1) is 22.3. The van der Waals surface area contributed by atoms with E-state index in [0.717, 1.165) is 22.9 Å². The molecule has 1 N–H and O–H groups in total. The smallest absolute Gasteiger partial charge is 0.273 e. The van der Waals surface area contributed by atoms with E-state index in [1.807, 2.05) is 42.5 Å². The summed E-state index contributed by atoms with van der Waals surface area (Å²) in [7, 11) is 0. The second-order valence-corrected chi connectivity index (χ2v) is 7.20. The van der Waals surface area contributed by atoms with Crippen molar-refractivity contribution < 1.29 is 18.7 Å². The molecular weight excluding hydrogens is 417 g/mol. The minimum absolute atomic E-state index is 0.0889. The zero-order valence-corrected chi connectivity index (χ0v) is 17.4. The SMILES string of the molecule is C#CCOCc1ccc(-c2nsnc2C(=O)NC(Cc2ccccc2)C(=O)CF)cc1. The Morgan fingerprint density at radius 2 is 1.84 bits per heavy atom. The maximum Gasteiger partial charge on any atom is 0.273 e. The fraction of sp³-hybridized carbons (Fsp3) is 0.217. The number of benzene rings is 2. The maximum absolute atomic E-state index is 13.1. The largest absolute Gasteiger partial charge is 0.364 e. The molecule has 0 aliphatic carbocycles. The van der Waals surface area contributed by atoms with Crippen LogP contribution in [0.4, 0.5) is 4.39 Å². The van der Waals surface area contributed by atoms with Gasteiger partial charge in [0.1, 0.15) is 19.0 Å². The number of terminal acetylenes is 1. The number of hydrogen-bond acceptors (Lipinski definition) is 6. The maximum atomic E-state index is 13.1. The number of nitrogens with one attached hydrogen (secondary N) is 1. The average molecular weight is 437 g/mol. The Balaban J connectivity index is 1.74. The van der Waals surface area contributed by atoms with Crippen molar-refractivity contribution in [2.75, 3.05) is 13.3 Å². The van der Waals surface area contributed by atoms with Crippen LogP contribution < -0.4 is 5.32 Å². The van der Waals surface area contributed by atoms with Gasteiger partial charge in [0.15, 0.2) is 11.5 Å². The van der Waals surface area contributed by atoms with Crippen molar-refractivity contribution in [3.63, 3.8) is 0 Å². The molecule has 31 heavy (non-hydrogen) atoms. The van der Waals surface area contributed by atoms with Gasteiger partial charge < -0.3 is 10.1 Å². The Kier molecular flexibility index (Phi) is 7.98. The van der Waals surface area contributed by atoms with Crippen LogP contribution in [0.5, 0.6) is 0 Å². The summed E-state index contributed by atoms with van der Waals surface area (Å²) in [4.78, 5) is 24.9. The second-order valence-electron chi connectivity index (χ2n) is 6.67. The van der Waals surface area contributed by atoms with E-state index in [0.29, 0.717) is 17.9 Å². The summed E-state index contributed by atoms with van der Waals surface area (Å²) in [5.74, 6) is 1.13. The zero-order valence-electron chi connectivity index (χ0n) is 16.6. The Morgan fingerprint density at radius 3 is 2.52 bits per heavy atom. The molecule has 0 aliphatic heterocycles. The molecule has 158 valence electrons. The fourth-order valence-corrected chi connectivity index (χ4v) is 3.49. The van der Waals surface area contributed by atoms with Crippen molar-refractivity contribution >= 4 is 23.4 Å². The van der Waals surface area contributed by atoms with E-state index in [1.165, 1.54) is 0 Å². The lowest BCUT2D eigenvalue weighted by atomic mass is 10.0. The molecule has 1 amide bonds. The molecule has 0 radical (unpaired) electrons. The van der Waals surface area contributed by atoms with Gasteiger partial charge in [-0.25, -0.2) is 4.39 Å². The van der Waals surface area contributed by atoms with Gasteiger partial charge in [0.2, 0.25) is 0 Å². The number of Topliss-reactive ketones (excluding diaryl/α,β-unsaturated/α-hetero) is 1. The number of amides is 1. The van der Waals surface area contributed by atoms with Gasteiger partial charge in [0, 0.05) is 5.56 Å². The van der Waals surface area contributed by atoms with Gasteiger partial charge in [-0.1, -0.05) is 60.5 Å². The van der Waals surface area contributed by atoms with E-state index < -0.39 is 24.4 Å². The van der Waals surface area contributed by atoms with E-state index in [1.54, 1.807) is 12.1 Å². The van der Waals surface area contributed by atoms with Crippen LogP contribution in [-0.2, 0) is 22.6 Å². The highest BCUT2D eigenvalue weighted by atomic mass is 32.1. The van der Waals surface area contributed by atoms with Gasteiger partial charge in [-0.2, -0.15) is 8.75 Å². The molecule has 0 spiro atoms. The molecule has 0 bridgehead atoms. The van der Waals surface area contributed by atoms with Crippen LogP contribution in [0.2, 0.25) is 0 Å². The summed E-state index contributed by atoms with van der Waals surface area (Å²) in [5, 5.41) is 2.61. The van der Waals surface area contributed by atoms with Crippen LogP contribution in [0.15, 0.2) is 54.6 Å². The van der Waals surface area contributed by atoms with Gasteiger partial charge in [-0.15, -0.1) is 6.42 Å².